The predicted molar refractivity (Wildman–Crippen MR) is 73.0 cm³/mol. The monoisotopic (exact) mass is 281 g/mol. The van der Waals surface area contributed by atoms with Gasteiger partial charge in [0.25, 0.3) is 0 Å². The number of hydrogen-bond acceptors (Lipinski definition) is 5. The SMILES string of the molecule is O=C(C1CCCNC1)N1CCOC(c2nccs2)C1. The highest BCUT2D eigenvalue weighted by molar-refractivity contribution is 7.09. The number of hydrogen-bond donors (Lipinski definition) is 1. The second kappa shape index (κ2) is 5.98. The fourth-order valence-electron chi connectivity index (χ4n) is 2.71. The quantitative estimate of drug-likeness (QED) is 0.880. The first-order valence-electron chi connectivity index (χ1n) is 6.85. The summed E-state index contributed by atoms with van der Waals surface area (Å²) >= 11 is 1.59. The lowest BCUT2D eigenvalue weighted by Gasteiger charge is -2.35. The Morgan fingerprint density at radius 2 is 2.53 bits per heavy atom. The van der Waals surface area contributed by atoms with Gasteiger partial charge in [0.15, 0.2) is 0 Å². The Hall–Kier alpha value is -0.980. The molecule has 1 aromatic rings. The van der Waals surface area contributed by atoms with Gasteiger partial charge in [-0.3, -0.25) is 4.79 Å². The molecule has 0 bridgehead atoms. The first-order chi connectivity index (χ1) is 9.34. The van der Waals surface area contributed by atoms with Gasteiger partial charge in [-0.15, -0.1) is 11.3 Å². The van der Waals surface area contributed by atoms with Crippen molar-refractivity contribution in [1.82, 2.24) is 15.2 Å². The minimum atomic E-state index is -0.0470. The normalized spacial score (nSPS) is 28.3. The van der Waals surface area contributed by atoms with Crippen LogP contribution in [0.25, 0.3) is 0 Å². The summed E-state index contributed by atoms with van der Waals surface area (Å²) in [6, 6.07) is 0. The van der Waals surface area contributed by atoms with Crippen molar-refractivity contribution in [1.29, 1.82) is 0 Å². The molecule has 2 aliphatic heterocycles. The number of nitrogens with one attached hydrogen (secondary N) is 1. The van der Waals surface area contributed by atoms with E-state index in [0.29, 0.717) is 19.7 Å². The summed E-state index contributed by atoms with van der Waals surface area (Å²) in [5.41, 5.74) is 0. The van der Waals surface area contributed by atoms with Crippen LogP contribution in [0, 0.1) is 5.92 Å². The van der Waals surface area contributed by atoms with Gasteiger partial charge in [0.2, 0.25) is 5.91 Å². The van der Waals surface area contributed by atoms with Crippen LogP contribution in [0.15, 0.2) is 11.6 Å². The molecule has 2 saturated heterocycles. The Morgan fingerprint density at radius 1 is 1.58 bits per heavy atom. The van der Waals surface area contributed by atoms with Gasteiger partial charge in [-0.25, -0.2) is 4.98 Å². The number of carbonyl (C=O) groups is 1. The summed E-state index contributed by atoms with van der Waals surface area (Å²) in [5.74, 6) is 0.417. The predicted octanol–water partition coefficient (Wildman–Crippen LogP) is 1.04. The highest BCUT2D eigenvalue weighted by atomic mass is 32.1. The summed E-state index contributed by atoms with van der Waals surface area (Å²) in [4.78, 5) is 18.7. The molecule has 0 aromatic carbocycles. The van der Waals surface area contributed by atoms with Crippen molar-refractivity contribution in [3.05, 3.63) is 16.6 Å². The van der Waals surface area contributed by atoms with E-state index in [-0.39, 0.29) is 17.9 Å². The van der Waals surface area contributed by atoms with E-state index < -0.39 is 0 Å². The first-order valence-corrected chi connectivity index (χ1v) is 7.73. The van der Waals surface area contributed by atoms with Crippen molar-refractivity contribution in [2.45, 2.75) is 18.9 Å². The highest BCUT2D eigenvalue weighted by Crippen LogP contribution is 2.25. The molecule has 104 valence electrons. The maximum absolute atomic E-state index is 12.5. The average Bonchev–Trinajstić information content (AvgIpc) is 3.02. The van der Waals surface area contributed by atoms with Crippen molar-refractivity contribution in [3.63, 3.8) is 0 Å². The van der Waals surface area contributed by atoms with Gasteiger partial charge < -0.3 is 15.0 Å². The van der Waals surface area contributed by atoms with Gasteiger partial charge in [0.1, 0.15) is 11.1 Å². The zero-order chi connectivity index (χ0) is 13.1. The minimum absolute atomic E-state index is 0.0470. The third-order valence-electron chi connectivity index (χ3n) is 3.75. The summed E-state index contributed by atoms with van der Waals surface area (Å²) in [5, 5.41) is 6.23. The van der Waals surface area contributed by atoms with E-state index >= 15 is 0 Å². The largest absolute Gasteiger partial charge is 0.367 e. The highest BCUT2D eigenvalue weighted by Gasteiger charge is 2.31. The van der Waals surface area contributed by atoms with Crippen LogP contribution in [0.3, 0.4) is 0 Å². The van der Waals surface area contributed by atoms with Gasteiger partial charge in [-0.1, -0.05) is 0 Å². The summed E-state index contributed by atoms with van der Waals surface area (Å²) in [6.45, 7) is 3.81. The molecule has 1 aromatic heterocycles. The molecule has 0 saturated carbocycles. The molecular formula is C13H19N3O2S. The Labute approximate surface area is 117 Å². The van der Waals surface area contributed by atoms with Crippen LogP contribution in [-0.4, -0.2) is 48.6 Å². The fourth-order valence-corrected chi connectivity index (χ4v) is 3.39. The number of aromatic nitrogens is 1. The molecule has 0 spiro atoms. The van der Waals surface area contributed by atoms with Crippen LogP contribution in [-0.2, 0) is 9.53 Å². The van der Waals surface area contributed by atoms with E-state index in [1.54, 1.807) is 17.5 Å². The molecule has 2 atom stereocenters. The second-order valence-electron chi connectivity index (χ2n) is 5.06. The van der Waals surface area contributed by atoms with Crippen LogP contribution in [0.5, 0.6) is 0 Å². The minimum Gasteiger partial charge on any atom is -0.367 e. The van der Waals surface area contributed by atoms with Crippen LogP contribution >= 0.6 is 11.3 Å². The molecule has 3 heterocycles. The molecule has 1 N–H and O–H groups in total. The molecule has 1 amide bonds. The lowest BCUT2D eigenvalue weighted by atomic mass is 9.98. The maximum atomic E-state index is 12.5. The number of piperidine rings is 1. The van der Waals surface area contributed by atoms with Gasteiger partial charge in [-0.05, 0) is 19.4 Å². The Balaban J connectivity index is 1.62. The van der Waals surface area contributed by atoms with Crippen molar-refractivity contribution in [3.8, 4) is 0 Å². The maximum Gasteiger partial charge on any atom is 0.227 e. The fraction of sp³-hybridized carbons (Fsp3) is 0.692. The van der Waals surface area contributed by atoms with Crippen LogP contribution in [0.4, 0.5) is 0 Å². The number of nitrogens with zero attached hydrogens (tertiary/aromatic N) is 2. The Morgan fingerprint density at radius 3 is 3.26 bits per heavy atom. The molecule has 5 nitrogen and oxygen atoms in total. The third kappa shape index (κ3) is 2.96. The number of morpholine rings is 1. The average molecular weight is 281 g/mol. The van der Waals surface area contributed by atoms with Crippen LogP contribution in [0.1, 0.15) is 24.0 Å². The molecule has 6 heteroatoms. The van der Waals surface area contributed by atoms with Crippen molar-refractivity contribution in [2.75, 3.05) is 32.8 Å². The lowest BCUT2D eigenvalue weighted by Crippen LogP contribution is -2.48. The van der Waals surface area contributed by atoms with Crippen molar-refractivity contribution < 1.29 is 9.53 Å². The summed E-state index contributed by atoms with van der Waals surface area (Å²) < 4.78 is 5.73. The molecule has 0 radical (unpaired) electrons. The zero-order valence-corrected chi connectivity index (χ0v) is 11.7. The van der Waals surface area contributed by atoms with E-state index in [9.17, 15) is 4.79 Å². The molecule has 2 aliphatic rings. The molecule has 0 aliphatic carbocycles. The molecular weight excluding hydrogens is 262 g/mol. The van der Waals surface area contributed by atoms with E-state index in [1.165, 1.54) is 0 Å². The Kier molecular flexibility index (Phi) is 4.10. The summed E-state index contributed by atoms with van der Waals surface area (Å²) in [7, 11) is 0. The first kappa shape index (κ1) is 13.0. The van der Waals surface area contributed by atoms with Crippen molar-refractivity contribution >= 4 is 17.2 Å². The lowest BCUT2D eigenvalue weighted by molar-refractivity contribution is -0.143. The molecule has 3 rings (SSSR count). The van der Waals surface area contributed by atoms with E-state index in [1.807, 2.05) is 10.3 Å². The molecule has 2 unspecified atom stereocenters. The van der Waals surface area contributed by atoms with Crippen LogP contribution < -0.4 is 5.32 Å². The topological polar surface area (TPSA) is 54.5 Å². The molecule has 19 heavy (non-hydrogen) atoms. The number of rotatable bonds is 2. The van der Waals surface area contributed by atoms with Crippen LogP contribution in [0.2, 0.25) is 0 Å². The Bertz CT molecular complexity index is 418. The number of amides is 1. The second-order valence-corrected chi connectivity index (χ2v) is 5.98. The number of thiazole rings is 1. The zero-order valence-electron chi connectivity index (χ0n) is 10.9. The number of ether oxygens (including phenoxy) is 1. The molecule has 2 fully saturated rings. The van der Waals surface area contributed by atoms with Gasteiger partial charge in [0.05, 0.1) is 19.1 Å². The van der Waals surface area contributed by atoms with Gasteiger partial charge in [-0.2, -0.15) is 0 Å². The van der Waals surface area contributed by atoms with Gasteiger partial charge >= 0.3 is 0 Å². The summed E-state index contributed by atoms with van der Waals surface area (Å²) in [6.07, 6.45) is 3.84. The van der Waals surface area contributed by atoms with E-state index in [4.69, 9.17) is 4.74 Å². The number of carbonyl (C=O) groups excluding carboxylic acids is 1. The third-order valence-corrected chi connectivity index (χ3v) is 4.62. The van der Waals surface area contributed by atoms with E-state index in [0.717, 1.165) is 30.9 Å². The van der Waals surface area contributed by atoms with Gasteiger partial charge in [0, 0.05) is 24.7 Å². The van der Waals surface area contributed by atoms with E-state index in [2.05, 4.69) is 10.3 Å². The van der Waals surface area contributed by atoms with Crippen molar-refractivity contribution in [2.24, 2.45) is 5.92 Å². The standard InChI is InChI=1S/C13H19N3O2S/c17-13(10-2-1-3-14-8-10)16-5-6-18-11(9-16)12-15-4-7-19-12/h4,7,10-11,14H,1-3,5-6,8-9H2. The smallest absolute Gasteiger partial charge is 0.227 e.